The van der Waals surface area contributed by atoms with Crippen LogP contribution in [0.2, 0.25) is 0 Å². The first-order valence-electron chi connectivity index (χ1n) is 41.5. The highest BCUT2D eigenvalue weighted by Gasteiger charge is 2.37. The Morgan fingerprint density at radius 1 is 0.478 bits per heavy atom. The van der Waals surface area contributed by atoms with Gasteiger partial charge in [-0.25, -0.2) is 66.2 Å². The molecule has 4 fully saturated rings. The predicted octanol–water partition coefficient (Wildman–Crippen LogP) is 6.20. The highest BCUT2D eigenvalue weighted by atomic mass is 16.2. The Hall–Kier alpha value is -10.5. The Labute approximate surface area is 571 Å². The van der Waals surface area contributed by atoms with Gasteiger partial charge in [-0.3, -0.25) is 19.2 Å². The largest absolute Gasteiger partial charge is 0.354 e. The van der Waals surface area contributed by atoms with E-state index >= 15 is 0 Å². The number of amides is 4. The molecule has 4 aliphatic rings. The number of nitrogens with zero attached hydrogens (tertiary/aromatic N) is 20. The minimum absolute atomic E-state index is 0.0106. The Morgan fingerprint density at radius 3 is 1.17 bits per heavy atom. The van der Waals surface area contributed by atoms with Crippen molar-refractivity contribution in [2.45, 2.75) is 77.4 Å². The molecule has 0 spiro atoms. The van der Waals surface area contributed by atoms with E-state index < -0.39 is 139 Å². The molecule has 4 amide bonds. The van der Waals surface area contributed by atoms with E-state index in [4.69, 9.17) is 61.9 Å². The van der Waals surface area contributed by atoms with Gasteiger partial charge in [0.25, 0.3) is 26.0 Å². The van der Waals surface area contributed by atoms with E-state index in [1.807, 2.05) is 6.92 Å². The Bertz CT molecular complexity index is 5170. The molecule has 12 heterocycles. The lowest BCUT2D eigenvalue weighted by Gasteiger charge is -2.41. The van der Waals surface area contributed by atoms with E-state index in [1.54, 1.807) is 56.0 Å². The highest BCUT2D eigenvalue weighted by Crippen LogP contribution is 2.33. The van der Waals surface area contributed by atoms with Crippen LogP contribution in [0.15, 0.2) is 74.4 Å². The number of likely N-dealkylation sites (N-methyl/N-ethyl adjacent to an activating group) is 4. The summed E-state index contributed by atoms with van der Waals surface area (Å²) in [6, 6.07) is 1.45. The van der Waals surface area contributed by atoms with Crippen LogP contribution in [0.4, 0.5) is 23.3 Å². The second-order valence-electron chi connectivity index (χ2n) is 21.4. The number of anilines is 4. The number of carbonyl (C=O) groups is 4. The lowest BCUT2D eigenvalue weighted by atomic mass is 9.92. The molecular weight excluding hydrogens is 1170 g/mol. The summed E-state index contributed by atoms with van der Waals surface area (Å²) in [7, 11) is 1.41. The summed E-state index contributed by atoms with van der Waals surface area (Å²) in [5.74, 6) is -8.56. The fourth-order valence-electron chi connectivity index (χ4n) is 10.9. The third-order valence-corrected chi connectivity index (χ3v) is 16.0. The quantitative estimate of drug-likeness (QED) is 0.0991. The number of fused-ring (bicyclic) bond motifs is 4. The summed E-state index contributed by atoms with van der Waals surface area (Å²) >= 11 is 0. The number of piperidine rings is 4. The second-order valence-corrected chi connectivity index (χ2v) is 21.4. The smallest absolute Gasteiger partial charge is 0.302 e. The number of carbonyl (C=O) groups excluding carboxylic acids is 4. The van der Waals surface area contributed by atoms with Gasteiger partial charge in [0.15, 0.2) is 0 Å². The van der Waals surface area contributed by atoms with E-state index in [1.165, 1.54) is 40.7 Å². The molecule has 0 unspecified atom stereocenters. The summed E-state index contributed by atoms with van der Waals surface area (Å²) in [5.41, 5.74) is 1.75. The van der Waals surface area contributed by atoms with Gasteiger partial charge in [-0.2, -0.15) is 0 Å². The lowest BCUT2D eigenvalue weighted by Crippen LogP contribution is -2.53. The first-order chi connectivity index (χ1) is 54.5. The summed E-state index contributed by atoms with van der Waals surface area (Å²) in [6.45, 7) is 5.38. The molecule has 28 nitrogen and oxygen atoms in total. The van der Waals surface area contributed by atoms with Crippen molar-refractivity contribution in [3.8, 4) is 0 Å². The van der Waals surface area contributed by atoms with Crippen LogP contribution in [0, 0.1) is 49.9 Å². The summed E-state index contributed by atoms with van der Waals surface area (Å²) < 4.78 is 208. The molecule has 92 heavy (non-hydrogen) atoms. The first-order valence-corrected chi connectivity index (χ1v) is 28.5. The van der Waals surface area contributed by atoms with Crippen molar-refractivity contribution in [1.82, 2.24) is 79.4 Å². The van der Waals surface area contributed by atoms with E-state index in [-0.39, 0.29) is 87.8 Å². The standard InChI is InChI=1S/4C16H20N6O/c4*1-11-5-7-22(14(23)8-17-2)9-13(11)21(3)16-12-4-6-18-15(12)19-10-20-16/h4*4,6,10-11,13H,5,7-9H2,1,3H3,(H,18,19,20)/t4*11-,13+/m1111/s1/i1D3,8D2,11D,13D;3D3,8D2,11D;1D3,3D3,8D2;3D3,8D2. The number of likely N-dealkylation sites (tertiary alicyclic amines) is 4. The van der Waals surface area contributed by atoms with Crippen LogP contribution < -0.4 is 19.6 Å². The fourth-order valence-corrected chi connectivity index (χ4v) is 10.9. The molecule has 8 aromatic heterocycles. The van der Waals surface area contributed by atoms with Crippen LogP contribution in [0.3, 0.4) is 0 Å². The van der Waals surface area contributed by atoms with Crippen LogP contribution in [0.25, 0.3) is 63.5 Å². The zero-order valence-corrected chi connectivity index (χ0v) is 49.9. The molecule has 28 heteroatoms. The van der Waals surface area contributed by atoms with Gasteiger partial charge in [0.2, 0.25) is 0 Å². The monoisotopic (exact) mass is 1270 g/mol. The maximum atomic E-state index is 12.5. The normalized spacial score (nSPS) is 29.1. The molecule has 4 saturated heterocycles. The van der Waals surface area contributed by atoms with Gasteiger partial charge < -0.3 is 78.5 Å². The van der Waals surface area contributed by atoms with Crippen LogP contribution in [0.5, 0.6) is 0 Å². The molecule has 4 aliphatic heterocycles. The topological polar surface area (TPSA) is 278 Å². The summed E-state index contributed by atoms with van der Waals surface area (Å²) in [6.07, 6.45) is 11.4. The van der Waals surface area contributed by atoms with Crippen molar-refractivity contribution in [3.05, 3.63) is 120 Å². The van der Waals surface area contributed by atoms with E-state index in [0.29, 0.717) is 50.6 Å². The van der Waals surface area contributed by atoms with Gasteiger partial charge in [-0.1, -0.05) is 27.6 Å². The van der Waals surface area contributed by atoms with Crippen molar-refractivity contribution < 1.29 is 54.8 Å². The van der Waals surface area contributed by atoms with E-state index in [9.17, 15) is 19.2 Å². The number of nitrogens with one attached hydrogen (secondary N) is 4. The molecule has 0 radical (unpaired) electrons. The average molecular weight is 1280 g/mol. The number of H-pyrrole nitrogens is 4. The Balaban J connectivity index is 0.000000179. The number of aromatic amines is 4. The molecule has 0 aromatic carbocycles. The van der Waals surface area contributed by atoms with Gasteiger partial charge in [0.1, 0.15) is 82.1 Å². The minimum atomic E-state index is -2.87. The third kappa shape index (κ3) is 14.9. The third-order valence-electron chi connectivity index (χ3n) is 16.0. The molecule has 0 bridgehead atoms. The number of rotatable bonds is 12. The molecule has 480 valence electrons. The maximum Gasteiger partial charge on any atom is 0.302 e. The number of hydrogen-bond acceptors (Lipinski definition) is 16. The average Bonchev–Trinajstić information content (AvgIpc) is 0.923. The molecule has 8 atom stereocenters. The maximum absolute atomic E-state index is 12.5. The predicted molar refractivity (Wildman–Crippen MR) is 352 cm³/mol. The van der Waals surface area contributed by atoms with Gasteiger partial charge >= 0.3 is 23.6 Å². The van der Waals surface area contributed by atoms with Crippen molar-refractivity contribution in [3.63, 3.8) is 0 Å². The van der Waals surface area contributed by atoms with Gasteiger partial charge in [-0.05, 0) is 73.6 Å². The SMILES string of the molecule is [2H]C([2H])([N+]#[C-])C(=O)N1CC[C@@H](C([2H])([2H])[2H])[C@@H](N(c2ncnc3[nH]ccc23)C([2H])([2H])[2H])C1.[2H]C([2H])([N+]#[C-])C(=O)N1CC[C@@H](C)[C@@H](N(c2ncnc3[nH]ccc23)C([2H])([2H])[2H])C1.[2H]C([2H])([N+]#[C-])C(=O)N1CC[C@@]([2H])(C([2H])([2H])[2H])[C@@]([2H])(N(C)c2ncnc3[nH]ccc23)C1.[2H]C([2H])([N+]#[C-])C(=O)N1CC[C@@]([2H])(C)[C@@H](N(c2ncnc3[nH]ccc23)C([2H])([2H])[2H])C1. The second kappa shape index (κ2) is 30.4. The molecule has 0 aliphatic carbocycles. The van der Waals surface area contributed by atoms with Gasteiger partial charge in [-0.15, -0.1) is 0 Å². The molecule has 4 N–H and O–H groups in total. The lowest BCUT2D eigenvalue weighted by molar-refractivity contribution is -0.131. The van der Waals surface area contributed by atoms with Crippen LogP contribution in [-0.2, 0) is 19.2 Å². The molecular formula is C64H80N24O4. The molecule has 0 saturated carbocycles. The van der Waals surface area contributed by atoms with Gasteiger partial charge in [0.05, 0.1) is 47.1 Å². The summed E-state index contributed by atoms with van der Waals surface area (Å²) in [4.78, 5) is 114. The van der Waals surface area contributed by atoms with Crippen molar-refractivity contribution in [2.24, 2.45) is 23.6 Å². The zero-order chi connectivity index (χ0) is 88.0. The Morgan fingerprint density at radius 2 is 0.804 bits per heavy atom. The fraction of sp³-hybridized carbons (Fsp3) is 0.500. The van der Waals surface area contributed by atoms with Crippen LogP contribution in [0.1, 0.15) is 88.9 Å². The molecule has 8 aromatic rings. The van der Waals surface area contributed by atoms with Gasteiger partial charge in [0, 0.05) is 128 Å². The summed E-state index contributed by atoms with van der Waals surface area (Å²) in [5, 5.41) is 1.87. The molecule has 12 rings (SSSR count). The van der Waals surface area contributed by atoms with Crippen molar-refractivity contribution in [2.75, 3.05) is 126 Å². The van der Waals surface area contributed by atoms with Crippen molar-refractivity contribution in [1.29, 1.82) is 0 Å². The number of aromatic nitrogens is 12. The van der Waals surface area contributed by atoms with Crippen molar-refractivity contribution >= 4 is 91.0 Å². The Kier molecular flexibility index (Phi) is 13.1. The van der Waals surface area contributed by atoms with E-state index in [2.05, 4.69) is 79.2 Å². The minimum Gasteiger partial charge on any atom is -0.354 e. The van der Waals surface area contributed by atoms with Crippen LogP contribution >= 0.6 is 0 Å². The first kappa shape index (κ1) is 39.6. The van der Waals surface area contributed by atoms with E-state index in [0.717, 1.165) is 30.8 Å². The number of hydrogen-bond donors (Lipinski definition) is 4. The highest BCUT2D eigenvalue weighted by molar-refractivity contribution is 5.90. The zero-order valence-electron chi connectivity index (χ0n) is 75.9. The van der Waals surface area contributed by atoms with Crippen LogP contribution in [-0.4, -0.2) is 234 Å².